The zero-order valence-electron chi connectivity index (χ0n) is 21.7. The molecule has 2 aliphatic rings. The summed E-state index contributed by atoms with van der Waals surface area (Å²) in [7, 11) is 3.33. The van der Waals surface area contributed by atoms with E-state index in [9.17, 15) is 0 Å². The molecular formula is C32H32O6. The Morgan fingerprint density at radius 3 is 2.13 bits per heavy atom. The molecule has 4 unspecified atom stereocenters. The van der Waals surface area contributed by atoms with Crippen molar-refractivity contribution in [3.63, 3.8) is 0 Å². The highest BCUT2D eigenvalue weighted by atomic mass is 16.7. The number of benzene rings is 4. The van der Waals surface area contributed by atoms with Gasteiger partial charge in [-0.25, -0.2) is 0 Å². The van der Waals surface area contributed by atoms with Crippen LogP contribution in [0.25, 0.3) is 10.8 Å². The summed E-state index contributed by atoms with van der Waals surface area (Å²) in [6.45, 7) is 1.70. The maximum absolute atomic E-state index is 6.84. The summed E-state index contributed by atoms with van der Waals surface area (Å²) in [6, 6.07) is 30.5. The normalized spacial score (nSPS) is 24.1. The Balaban J connectivity index is 1.24. The number of ether oxygens (including phenoxy) is 6. The van der Waals surface area contributed by atoms with Crippen LogP contribution in [0.3, 0.4) is 0 Å². The van der Waals surface area contributed by atoms with Gasteiger partial charge in [0.2, 0.25) is 0 Å². The Kier molecular flexibility index (Phi) is 7.04. The topological polar surface area (TPSA) is 55.4 Å². The highest BCUT2D eigenvalue weighted by Crippen LogP contribution is 2.50. The van der Waals surface area contributed by atoms with E-state index < -0.39 is 5.60 Å². The molecule has 0 aliphatic carbocycles. The van der Waals surface area contributed by atoms with Crippen molar-refractivity contribution in [3.05, 3.63) is 108 Å². The molecule has 4 aromatic rings. The summed E-state index contributed by atoms with van der Waals surface area (Å²) in [4.78, 5) is 0. The second-order valence-corrected chi connectivity index (χ2v) is 9.87. The Bertz CT molecular complexity index is 1360. The van der Waals surface area contributed by atoms with Crippen LogP contribution in [-0.2, 0) is 32.2 Å². The van der Waals surface area contributed by atoms with Crippen molar-refractivity contribution < 1.29 is 28.4 Å². The van der Waals surface area contributed by atoms with E-state index in [-0.39, 0.29) is 18.3 Å². The highest BCUT2D eigenvalue weighted by molar-refractivity contribution is 5.86. The minimum absolute atomic E-state index is 0.233. The number of rotatable bonds is 10. The minimum atomic E-state index is -0.703. The summed E-state index contributed by atoms with van der Waals surface area (Å²) < 4.78 is 36.6. The molecule has 4 atom stereocenters. The largest absolute Gasteiger partial charge is 0.497 e. The average Bonchev–Trinajstić information content (AvgIpc) is 3.48. The molecule has 2 bridgehead atoms. The zero-order valence-corrected chi connectivity index (χ0v) is 21.7. The molecule has 0 aromatic heterocycles. The molecule has 196 valence electrons. The quantitative estimate of drug-likeness (QED) is 0.265. The van der Waals surface area contributed by atoms with E-state index in [1.54, 1.807) is 14.2 Å². The first-order valence-electron chi connectivity index (χ1n) is 12.9. The third kappa shape index (κ3) is 4.76. The predicted molar refractivity (Wildman–Crippen MR) is 144 cm³/mol. The predicted octanol–water partition coefficient (Wildman–Crippen LogP) is 5.87. The van der Waals surface area contributed by atoms with E-state index in [0.717, 1.165) is 28.2 Å². The molecule has 2 fully saturated rings. The number of hydrogen-bond acceptors (Lipinski definition) is 6. The molecule has 2 saturated heterocycles. The van der Waals surface area contributed by atoms with Gasteiger partial charge in [0, 0.05) is 0 Å². The van der Waals surface area contributed by atoms with Crippen molar-refractivity contribution in [1.29, 1.82) is 0 Å². The van der Waals surface area contributed by atoms with Gasteiger partial charge < -0.3 is 28.4 Å². The lowest BCUT2D eigenvalue weighted by Crippen LogP contribution is -2.46. The van der Waals surface area contributed by atoms with Gasteiger partial charge in [0.25, 0.3) is 0 Å². The average molecular weight is 513 g/mol. The minimum Gasteiger partial charge on any atom is -0.497 e. The van der Waals surface area contributed by atoms with Crippen molar-refractivity contribution >= 4 is 10.8 Å². The lowest BCUT2D eigenvalue weighted by Gasteiger charge is -2.31. The number of hydrogen-bond donors (Lipinski definition) is 0. The van der Waals surface area contributed by atoms with Gasteiger partial charge in [0.05, 0.1) is 40.6 Å². The van der Waals surface area contributed by atoms with E-state index in [0.29, 0.717) is 26.4 Å². The van der Waals surface area contributed by atoms with Crippen molar-refractivity contribution in [3.8, 4) is 11.5 Å². The van der Waals surface area contributed by atoms with Crippen molar-refractivity contribution in [2.45, 2.75) is 37.1 Å². The van der Waals surface area contributed by atoms with Crippen LogP contribution in [0.2, 0.25) is 0 Å². The summed E-state index contributed by atoms with van der Waals surface area (Å²) in [5, 5.41) is 2.34. The lowest BCUT2D eigenvalue weighted by atomic mass is 9.94. The molecule has 6 rings (SSSR count). The summed E-state index contributed by atoms with van der Waals surface area (Å²) in [5.74, 6) is 1.64. The first-order valence-corrected chi connectivity index (χ1v) is 12.9. The number of methoxy groups -OCH3 is 2. The van der Waals surface area contributed by atoms with Crippen LogP contribution in [0.15, 0.2) is 91.0 Å². The molecule has 4 aromatic carbocycles. The second kappa shape index (κ2) is 10.8. The van der Waals surface area contributed by atoms with Crippen LogP contribution < -0.4 is 9.47 Å². The monoisotopic (exact) mass is 512 g/mol. The van der Waals surface area contributed by atoms with E-state index in [1.807, 2.05) is 48.5 Å². The maximum Gasteiger partial charge on any atom is 0.144 e. The van der Waals surface area contributed by atoms with E-state index in [4.69, 9.17) is 28.4 Å². The van der Waals surface area contributed by atoms with Crippen LogP contribution in [0.4, 0.5) is 0 Å². The molecule has 0 saturated carbocycles. The Morgan fingerprint density at radius 1 is 0.763 bits per heavy atom. The molecule has 0 N–H and O–H groups in total. The van der Waals surface area contributed by atoms with Gasteiger partial charge in [0.1, 0.15) is 35.4 Å². The molecular weight excluding hydrogens is 480 g/mol. The van der Waals surface area contributed by atoms with E-state index in [1.165, 1.54) is 10.8 Å². The third-order valence-corrected chi connectivity index (χ3v) is 7.49. The van der Waals surface area contributed by atoms with Gasteiger partial charge in [-0.1, -0.05) is 66.7 Å². The van der Waals surface area contributed by atoms with Crippen LogP contribution in [-0.4, -0.2) is 45.2 Å². The molecule has 6 nitrogen and oxygen atoms in total. The van der Waals surface area contributed by atoms with Gasteiger partial charge in [-0.05, 0) is 51.7 Å². The van der Waals surface area contributed by atoms with Gasteiger partial charge in [-0.3, -0.25) is 0 Å². The van der Waals surface area contributed by atoms with Crippen LogP contribution in [0, 0.1) is 0 Å². The Hall–Kier alpha value is -3.42. The first kappa shape index (κ1) is 24.9. The standard InChI is InChI=1S/C32H32O6/c1-33-25-14-10-22(11-15-25)18-35-20-32-21-37-30(31(32)36-19-23-12-16-26(34-2)17-13-23)29(38-32)28-9-5-7-24-6-3-4-8-27(24)28/h3-17,29-31H,18-21H2,1-2H3. The fraction of sp³-hybridized carbons (Fsp3) is 0.312. The molecule has 0 spiro atoms. The van der Waals surface area contributed by atoms with Crippen LogP contribution >= 0.6 is 0 Å². The molecule has 0 amide bonds. The van der Waals surface area contributed by atoms with E-state index >= 15 is 0 Å². The van der Waals surface area contributed by atoms with E-state index in [2.05, 4.69) is 42.5 Å². The third-order valence-electron chi connectivity index (χ3n) is 7.49. The first-order chi connectivity index (χ1) is 18.7. The second-order valence-electron chi connectivity index (χ2n) is 9.87. The van der Waals surface area contributed by atoms with Gasteiger partial charge in [-0.15, -0.1) is 0 Å². The van der Waals surface area contributed by atoms with Gasteiger partial charge in [0.15, 0.2) is 0 Å². The van der Waals surface area contributed by atoms with Crippen LogP contribution in [0.1, 0.15) is 22.8 Å². The molecule has 6 heteroatoms. The Labute approximate surface area is 223 Å². The highest BCUT2D eigenvalue weighted by Gasteiger charge is 2.63. The molecule has 38 heavy (non-hydrogen) atoms. The SMILES string of the molecule is COc1ccc(COCC23COC(C(c4cccc5ccccc45)O2)C3OCc2ccc(OC)cc2)cc1. The smallest absolute Gasteiger partial charge is 0.144 e. The fourth-order valence-corrected chi connectivity index (χ4v) is 5.49. The lowest BCUT2D eigenvalue weighted by molar-refractivity contribution is -0.175. The van der Waals surface area contributed by atoms with Crippen molar-refractivity contribution in [2.24, 2.45) is 0 Å². The maximum atomic E-state index is 6.84. The fourth-order valence-electron chi connectivity index (χ4n) is 5.49. The summed E-state index contributed by atoms with van der Waals surface area (Å²) in [5.41, 5.74) is 2.54. The molecule has 2 aliphatic heterocycles. The number of fused-ring (bicyclic) bond motifs is 3. The Morgan fingerprint density at radius 2 is 1.42 bits per heavy atom. The van der Waals surface area contributed by atoms with Crippen molar-refractivity contribution in [2.75, 3.05) is 27.4 Å². The van der Waals surface area contributed by atoms with Crippen molar-refractivity contribution in [1.82, 2.24) is 0 Å². The summed E-state index contributed by atoms with van der Waals surface area (Å²) in [6.07, 6.45) is -0.756. The molecule has 0 radical (unpaired) electrons. The molecule has 2 heterocycles. The summed E-state index contributed by atoms with van der Waals surface area (Å²) >= 11 is 0. The van der Waals surface area contributed by atoms with Gasteiger partial charge >= 0.3 is 0 Å². The zero-order chi connectivity index (χ0) is 26.0. The van der Waals surface area contributed by atoms with Gasteiger partial charge in [-0.2, -0.15) is 0 Å². The van der Waals surface area contributed by atoms with Crippen LogP contribution in [0.5, 0.6) is 11.5 Å².